The molecule has 1 aromatic carbocycles. The molecule has 1 amide bonds. The molecule has 0 saturated carbocycles. The molecule has 0 unspecified atom stereocenters. The first-order valence-electron chi connectivity index (χ1n) is 8.67. The van der Waals surface area contributed by atoms with Crippen LogP contribution in [-0.2, 0) is 13.0 Å². The highest BCUT2D eigenvalue weighted by molar-refractivity contribution is 7.16. The summed E-state index contributed by atoms with van der Waals surface area (Å²) in [5, 5.41) is 7.59. The predicted octanol–water partition coefficient (Wildman–Crippen LogP) is 3.38. The van der Waals surface area contributed by atoms with E-state index in [-0.39, 0.29) is 12.1 Å². The van der Waals surface area contributed by atoms with Crippen LogP contribution in [0.2, 0.25) is 0 Å². The van der Waals surface area contributed by atoms with Gasteiger partial charge >= 0.3 is 0 Å². The molecule has 2 aliphatic heterocycles. The lowest BCUT2D eigenvalue weighted by atomic mass is 9.99. The molecule has 3 heterocycles. The minimum absolute atomic E-state index is 0.0140. The van der Waals surface area contributed by atoms with E-state index in [0.29, 0.717) is 6.04 Å². The van der Waals surface area contributed by atoms with Gasteiger partial charge in [-0.3, -0.25) is 9.69 Å². The van der Waals surface area contributed by atoms with E-state index in [4.69, 9.17) is 4.74 Å². The Bertz CT molecular complexity index is 815. The number of nitrogens with one attached hydrogen (secondary N) is 2. The molecule has 6 heteroatoms. The van der Waals surface area contributed by atoms with Crippen LogP contribution < -0.4 is 15.4 Å². The van der Waals surface area contributed by atoms with E-state index >= 15 is 0 Å². The maximum atomic E-state index is 12.8. The SMILES string of the molecule is COc1ccccc1[C@H]1NC(=O)c2c(sc3c2CCN(C(C)C)C3)N1. The monoisotopic (exact) mass is 357 g/mol. The quantitative estimate of drug-likeness (QED) is 0.884. The normalized spacial score (nSPS) is 19.8. The van der Waals surface area contributed by atoms with Crippen molar-refractivity contribution in [3.8, 4) is 5.75 Å². The van der Waals surface area contributed by atoms with Gasteiger partial charge in [0.1, 0.15) is 16.9 Å². The average Bonchev–Trinajstić information content (AvgIpc) is 2.99. The molecule has 4 rings (SSSR count). The first-order valence-corrected chi connectivity index (χ1v) is 9.49. The molecule has 1 aromatic heterocycles. The zero-order valence-corrected chi connectivity index (χ0v) is 15.6. The number of para-hydroxylation sites is 1. The van der Waals surface area contributed by atoms with Crippen molar-refractivity contribution < 1.29 is 9.53 Å². The van der Waals surface area contributed by atoms with E-state index in [1.54, 1.807) is 18.4 Å². The standard InChI is InChI=1S/C19H23N3O2S/c1-11(2)22-9-8-13-15(10-22)25-19-16(13)18(23)20-17(21-19)12-6-4-5-7-14(12)24-3/h4-7,11,17,21H,8-10H2,1-3H3,(H,20,23)/t17-/m0/s1. The van der Waals surface area contributed by atoms with Crippen LogP contribution >= 0.6 is 11.3 Å². The minimum atomic E-state index is -0.266. The first-order chi connectivity index (χ1) is 12.1. The second-order valence-electron chi connectivity index (χ2n) is 6.81. The number of carbonyl (C=O) groups is 1. The molecule has 0 radical (unpaired) electrons. The van der Waals surface area contributed by atoms with Gasteiger partial charge in [-0.15, -0.1) is 11.3 Å². The number of nitrogens with zero attached hydrogens (tertiary/aromatic N) is 1. The van der Waals surface area contributed by atoms with Crippen LogP contribution in [0.3, 0.4) is 0 Å². The van der Waals surface area contributed by atoms with Crippen LogP contribution in [0.4, 0.5) is 5.00 Å². The molecule has 0 spiro atoms. The smallest absolute Gasteiger partial charge is 0.256 e. The molecule has 0 saturated heterocycles. The lowest BCUT2D eigenvalue weighted by molar-refractivity contribution is 0.0934. The van der Waals surface area contributed by atoms with E-state index in [2.05, 4.69) is 29.4 Å². The summed E-state index contributed by atoms with van der Waals surface area (Å²) >= 11 is 1.72. The number of hydrogen-bond acceptors (Lipinski definition) is 5. The van der Waals surface area contributed by atoms with Crippen molar-refractivity contribution in [2.45, 2.75) is 39.0 Å². The number of fused-ring (bicyclic) bond motifs is 3. The summed E-state index contributed by atoms with van der Waals surface area (Å²) in [6.45, 7) is 6.39. The Kier molecular flexibility index (Phi) is 4.17. The number of methoxy groups -OCH3 is 1. The Hall–Kier alpha value is -2.05. The van der Waals surface area contributed by atoms with Crippen LogP contribution in [-0.4, -0.2) is 30.5 Å². The van der Waals surface area contributed by atoms with Gasteiger partial charge in [-0.1, -0.05) is 18.2 Å². The third kappa shape index (κ3) is 2.79. The van der Waals surface area contributed by atoms with Gasteiger partial charge in [0.25, 0.3) is 5.91 Å². The van der Waals surface area contributed by atoms with Crippen LogP contribution in [0.5, 0.6) is 5.75 Å². The molecule has 0 aliphatic carbocycles. The lowest BCUT2D eigenvalue weighted by Gasteiger charge is -2.31. The van der Waals surface area contributed by atoms with Gasteiger partial charge in [-0.05, 0) is 31.9 Å². The molecule has 132 valence electrons. The number of rotatable bonds is 3. The number of ether oxygens (including phenoxy) is 1. The molecule has 0 bridgehead atoms. The molecule has 5 nitrogen and oxygen atoms in total. The molecular formula is C19H23N3O2S. The zero-order valence-electron chi connectivity index (χ0n) is 14.8. The molecule has 2 N–H and O–H groups in total. The maximum Gasteiger partial charge on any atom is 0.256 e. The Morgan fingerprint density at radius 1 is 1.28 bits per heavy atom. The third-order valence-electron chi connectivity index (χ3n) is 5.04. The van der Waals surface area contributed by atoms with Gasteiger partial charge < -0.3 is 15.4 Å². The van der Waals surface area contributed by atoms with Crippen LogP contribution in [0, 0.1) is 0 Å². The first kappa shape index (κ1) is 16.4. The van der Waals surface area contributed by atoms with Crippen molar-refractivity contribution in [3.63, 3.8) is 0 Å². The summed E-state index contributed by atoms with van der Waals surface area (Å²) in [7, 11) is 1.65. The second-order valence-corrected chi connectivity index (χ2v) is 7.92. The van der Waals surface area contributed by atoms with Gasteiger partial charge in [-0.2, -0.15) is 0 Å². The predicted molar refractivity (Wildman–Crippen MR) is 100 cm³/mol. The largest absolute Gasteiger partial charge is 0.496 e. The molecular weight excluding hydrogens is 334 g/mol. The van der Waals surface area contributed by atoms with Crippen molar-refractivity contribution in [1.29, 1.82) is 0 Å². The van der Waals surface area contributed by atoms with Crippen molar-refractivity contribution in [2.24, 2.45) is 0 Å². The summed E-state index contributed by atoms with van der Waals surface area (Å²) in [6, 6.07) is 8.31. The number of thiophene rings is 1. The van der Waals surface area contributed by atoms with Gasteiger partial charge in [0, 0.05) is 29.6 Å². The second kappa shape index (κ2) is 6.35. The van der Waals surface area contributed by atoms with Crippen molar-refractivity contribution in [3.05, 3.63) is 45.8 Å². The van der Waals surface area contributed by atoms with Crippen LogP contribution in [0.1, 0.15) is 46.4 Å². The highest BCUT2D eigenvalue weighted by Gasteiger charge is 2.34. The lowest BCUT2D eigenvalue weighted by Crippen LogP contribution is -2.39. The molecule has 0 fully saturated rings. The topological polar surface area (TPSA) is 53.6 Å². The number of anilines is 1. The summed E-state index contributed by atoms with van der Waals surface area (Å²) < 4.78 is 5.45. The molecule has 25 heavy (non-hydrogen) atoms. The number of benzene rings is 1. The van der Waals surface area contributed by atoms with Crippen molar-refractivity contribution >= 4 is 22.2 Å². The minimum Gasteiger partial charge on any atom is -0.496 e. The molecule has 1 atom stereocenters. The Morgan fingerprint density at radius 3 is 2.84 bits per heavy atom. The van der Waals surface area contributed by atoms with Gasteiger partial charge in [-0.25, -0.2) is 0 Å². The van der Waals surface area contributed by atoms with Gasteiger partial charge in [0.05, 0.1) is 12.7 Å². The number of amides is 1. The number of carbonyl (C=O) groups excluding carboxylic acids is 1. The Balaban J connectivity index is 1.67. The van der Waals surface area contributed by atoms with E-state index in [1.807, 2.05) is 24.3 Å². The highest BCUT2D eigenvalue weighted by Crippen LogP contribution is 2.41. The molecule has 2 aliphatic rings. The summed E-state index contributed by atoms with van der Waals surface area (Å²) in [4.78, 5) is 16.6. The van der Waals surface area contributed by atoms with Gasteiger partial charge in [0.2, 0.25) is 0 Å². The summed E-state index contributed by atoms with van der Waals surface area (Å²) in [5.74, 6) is 0.788. The fraction of sp³-hybridized carbons (Fsp3) is 0.421. The van der Waals surface area contributed by atoms with Crippen LogP contribution in [0.15, 0.2) is 24.3 Å². The van der Waals surface area contributed by atoms with Crippen molar-refractivity contribution in [2.75, 3.05) is 19.0 Å². The zero-order chi connectivity index (χ0) is 17.6. The van der Waals surface area contributed by atoms with Gasteiger partial charge in [0.15, 0.2) is 0 Å². The third-order valence-corrected chi connectivity index (χ3v) is 6.19. The van der Waals surface area contributed by atoms with Crippen molar-refractivity contribution in [1.82, 2.24) is 10.2 Å². The maximum absolute atomic E-state index is 12.8. The Labute approximate surface area is 152 Å². The average molecular weight is 357 g/mol. The van der Waals surface area contributed by atoms with E-state index in [1.165, 1.54) is 10.4 Å². The Morgan fingerprint density at radius 2 is 2.08 bits per heavy atom. The van der Waals surface area contributed by atoms with E-state index in [9.17, 15) is 4.79 Å². The van der Waals surface area contributed by atoms with E-state index in [0.717, 1.165) is 41.4 Å². The van der Waals surface area contributed by atoms with E-state index < -0.39 is 0 Å². The fourth-order valence-corrected chi connectivity index (χ4v) is 4.94. The fourth-order valence-electron chi connectivity index (χ4n) is 3.64. The highest BCUT2D eigenvalue weighted by atomic mass is 32.1. The summed E-state index contributed by atoms with van der Waals surface area (Å²) in [5.41, 5.74) is 3.01. The van der Waals surface area contributed by atoms with Crippen LogP contribution in [0.25, 0.3) is 0 Å². The summed E-state index contributed by atoms with van der Waals surface area (Å²) in [6.07, 6.45) is 0.672. The molecule has 2 aromatic rings. The number of hydrogen-bond donors (Lipinski definition) is 2.